The van der Waals surface area contributed by atoms with Crippen LogP contribution in [0.1, 0.15) is 111 Å². The highest BCUT2D eigenvalue weighted by Crippen LogP contribution is 2.40. The van der Waals surface area contributed by atoms with E-state index in [1.165, 1.54) is 35.8 Å². The molecule has 490 valence electrons. The summed E-state index contributed by atoms with van der Waals surface area (Å²) in [6, 6.07) is 36.3. The summed E-state index contributed by atoms with van der Waals surface area (Å²) < 4.78 is 10.7. The van der Waals surface area contributed by atoms with E-state index in [0.717, 1.165) is 44.5 Å². The molecule has 2 aliphatic heterocycles. The smallest absolute Gasteiger partial charge is 0.329 e. The molecule has 94 heavy (non-hydrogen) atoms. The molecule has 0 spiro atoms. The van der Waals surface area contributed by atoms with Crippen LogP contribution in [0.4, 0.5) is 0 Å². The van der Waals surface area contributed by atoms with E-state index in [9.17, 15) is 40.2 Å². The lowest BCUT2D eigenvalue weighted by molar-refractivity contribution is -0.145. The van der Waals surface area contributed by atoms with Crippen molar-refractivity contribution in [3.63, 3.8) is 0 Å². The lowest BCUT2D eigenvalue weighted by atomic mass is 9.91. The van der Waals surface area contributed by atoms with E-state index < -0.39 is 47.9 Å². The summed E-state index contributed by atoms with van der Waals surface area (Å²) in [5, 5.41) is 81.7. The summed E-state index contributed by atoms with van der Waals surface area (Å²) in [7, 11) is 4.80. The Morgan fingerprint density at radius 2 is 0.617 bits per heavy atom. The van der Waals surface area contributed by atoms with Gasteiger partial charge < -0.3 is 50.7 Å². The monoisotopic (exact) mass is 1310 g/mol. The van der Waals surface area contributed by atoms with Gasteiger partial charge in [0.1, 0.15) is 46.6 Å². The quantitative estimate of drug-likeness (QED) is 0.0571. The second kappa shape index (κ2) is 30.0. The van der Waals surface area contributed by atoms with Crippen LogP contribution in [0.15, 0.2) is 133 Å². The Labute approximate surface area is 557 Å². The minimum Gasteiger partial charge on any atom is -0.507 e. The number of nitrogens with zero attached hydrogens (tertiary/aromatic N) is 2. The number of phenolic OH excluding ortho intramolecular Hbond substituents is 6. The SMILES string of the molecule is COC(=O)[C@H]1CSSC[C@H](C(=O)OC)NC(=O)[C@H](Cc2ccccc2)N2Cc3cc(C)cc(c3O)Cc3cc(C)cc(c3O)Cc3cc(C)cc(c3O)CN(Cc3cc(C)cc(c3O)Cc3cc(C)cc(c3O)Cc3cc(C)cc(c3O)C2)[C@@H](Cc2ccccc2)C(=O)N1. The van der Waals surface area contributed by atoms with E-state index >= 15 is 9.59 Å². The van der Waals surface area contributed by atoms with Gasteiger partial charge in [0.15, 0.2) is 0 Å². The third-order valence-electron chi connectivity index (χ3n) is 17.7. The Morgan fingerprint density at radius 3 is 0.851 bits per heavy atom. The highest BCUT2D eigenvalue weighted by Gasteiger charge is 2.36. The van der Waals surface area contributed by atoms with Gasteiger partial charge in [0.05, 0.1) is 26.3 Å². The lowest BCUT2D eigenvalue weighted by Gasteiger charge is -2.33. The van der Waals surface area contributed by atoms with E-state index in [-0.39, 0.29) is 111 Å². The molecule has 8 N–H and O–H groups in total. The van der Waals surface area contributed by atoms with Gasteiger partial charge in [0.2, 0.25) is 11.8 Å². The number of hydrogen-bond donors (Lipinski definition) is 8. The first-order valence-corrected chi connectivity index (χ1v) is 34.0. The zero-order valence-electron chi connectivity index (χ0n) is 54.3. The molecule has 4 atom stereocenters. The number of methoxy groups -OCH3 is 2. The van der Waals surface area contributed by atoms with Crippen molar-refractivity contribution in [2.75, 3.05) is 25.7 Å². The molecular formula is C76H82N4O12S2. The van der Waals surface area contributed by atoms with Crippen LogP contribution < -0.4 is 10.6 Å². The first kappa shape index (κ1) is 67.9. The van der Waals surface area contributed by atoms with Crippen molar-refractivity contribution in [1.29, 1.82) is 0 Å². The lowest BCUT2D eigenvalue weighted by Crippen LogP contribution is -2.53. The first-order chi connectivity index (χ1) is 45.0. The summed E-state index contributed by atoms with van der Waals surface area (Å²) >= 11 is 0. The number of carbonyl (C=O) groups is 4. The van der Waals surface area contributed by atoms with Crippen molar-refractivity contribution in [3.05, 3.63) is 245 Å². The molecule has 18 heteroatoms. The molecular weight excluding hydrogens is 1220 g/mol. The number of esters is 2. The Kier molecular flexibility index (Phi) is 21.7. The Bertz CT molecular complexity index is 3710. The van der Waals surface area contributed by atoms with Gasteiger partial charge in [-0.3, -0.25) is 19.4 Å². The maximum atomic E-state index is 15.6. The van der Waals surface area contributed by atoms with Crippen LogP contribution in [0.25, 0.3) is 0 Å². The van der Waals surface area contributed by atoms with Crippen LogP contribution in [0.2, 0.25) is 0 Å². The summed E-state index contributed by atoms with van der Waals surface area (Å²) in [6.45, 7) is 11.2. The van der Waals surface area contributed by atoms with Gasteiger partial charge in [-0.2, -0.15) is 0 Å². The maximum Gasteiger partial charge on any atom is 0.329 e. The largest absolute Gasteiger partial charge is 0.507 e. The predicted octanol–water partition coefficient (Wildman–Crippen LogP) is 11.4. The molecule has 2 amide bonds. The molecule has 8 aromatic carbocycles. The second-order valence-electron chi connectivity index (χ2n) is 25.3. The second-order valence-corrected chi connectivity index (χ2v) is 27.8. The van der Waals surface area contributed by atoms with Crippen LogP contribution in [-0.2, 0) is 93.4 Å². The number of phenols is 6. The normalized spacial score (nSPS) is 19.2. The number of hydrogen-bond acceptors (Lipinski definition) is 16. The summed E-state index contributed by atoms with van der Waals surface area (Å²) in [4.78, 5) is 62.9. The van der Waals surface area contributed by atoms with E-state index in [1.54, 1.807) is 0 Å². The van der Waals surface area contributed by atoms with Crippen LogP contribution >= 0.6 is 21.6 Å². The molecule has 2 heterocycles. The van der Waals surface area contributed by atoms with E-state index in [2.05, 4.69) is 10.6 Å². The van der Waals surface area contributed by atoms with Gasteiger partial charge in [0, 0.05) is 85.6 Å². The number of benzene rings is 8. The average molecular weight is 1310 g/mol. The van der Waals surface area contributed by atoms with Crippen molar-refractivity contribution in [2.45, 2.75) is 130 Å². The Balaban J connectivity index is 1.24. The van der Waals surface area contributed by atoms with Gasteiger partial charge in [-0.15, -0.1) is 0 Å². The van der Waals surface area contributed by atoms with Gasteiger partial charge >= 0.3 is 11.9 Å². The Hall–Kier alpha value is -8.94. The van der Waals surface area contributed by atoms with Gasteiger partial charge in [-0.25, -0.2) is 9.59 Å². The molecule has 16 nitrogen and oxygen atoms in total. The van der Waals surface area contributed by atoms with Gasteiger partial charge in [0.25, 0.3) is 0 Å². The molecule has 0 saturated heterocycles. The number of aryl methyl sites for hydroxylation is 6. The van der Waals surface area contributed by atoms with Crippen molar-refractivity contribution in [3.8, 4) is 34.5 Å². The number of nitrogens with one attached hydrogen (secondary N) is 2. The standard InChI is InChI=1S/C76H82N4O12S2/c1-43-19-51-33-55-23-45(3)27-59(69(55)83)37-79-39-61-29-47(5)25-57(71(61)85)35-53-21-44(2)22-54(68(53)82)36-58-26-48(6)30-62(72(58)86)40-80(38-60-28-46(4)24-56(70(60)84)34-52(20-43)67(51)81)66(32-50-17-13-10-14-18-50)74(88)78-64(76(90)92-8)42-94-93-41-63(75(89)91-7)77-73(87)65(79)31-49-15-11-9-12-16-49/h9-30,63-66,81-86H,31-42H2,1-8H3,(H,77,87)(H,78,88)/t63-,64-,65+,66+/m1/s1. The number of fused-ring (bicyclic) bond motifs is 25. The molecule has 0 aromatic heterocycles. The van der Waals surface area contributed by atoms with Gasteiger partial charge in [-0.05, 0) is 110 Å². The molecule has 2 aliphatic rings. The fourth-order valence-corrected chi connectivity index (χ4v) is 15.6. The molecule has 10 rings (SSSR count). The fourth-order valence-electron chi connectivity index (χ4n) is 13.3. The molecule has 14 bridgehead atoms. The molecule has 0 unspecified atom stereocenters. The minimum absolute atomic E-state index is 0.0359. The average Bonchev–Trinajstić information content (AvgIpc) is 0.810. The number of rotatable bonds is 6. The summed E-state index contributed by atoms with van der Waals surface area (Å²) in [5.74, 6) is -3.11. The summed E-state index contributed by atoms with van der Waals surface area (Å²) in [5.41, 5.74) is 12.1. The number of amides is 2. The third-order valence-corrected chi connectivity index (χ3v) is 20.1. The van der Waals surface area contributed by atoms with Crippen molar-refractivity contribution in [1.82, 2.24) is 20.4 Å². The topological polar surface area (TPSA) is 239 Å². The van der Waals surface area contributed by atoms with Crippen molar-refractivity contribution in [2.24, 2.45) is 0 Å². The third kappa shape index (κ3) is 16.2. The van der Waals surface area contributed by atoms with Crippen molar-refractivity contribution >= 4 is 45.3 Å². The highest BCUT2D eigenvalue weighted by atomic mass is 33.1. The van der Waals surface area contributed by atoms with Crippen LogP contribution in [0, 0.1) is 41.5 Å². The highest BCUT2D eigenvalue weighted by molar-refractivity contribution is 8.76. The van der Waals surface area contributed by atoms with E-state index in [1.807, 2.05) is 185 Å². The molecule has 0 aliphatic carbocycles. The molecule has 0 fully saturated rings. The van der Waals surface area contributed by atoms with E-state index in [4.69, 9.17) is 9.47 Å². The number of aromatic hydroxyl groups is 6. The Morgan fingerprint density at radius 1 is 0.394 bits per heavy atom. The summed E-state index contributed by atoms with van der Waals surface area (Å²) in [6.07, 6.45) is 0.514. The molecule has 0 radical (unpaired) electrons. The zero-order chi connectivity index (χ0) is 67.1. The van der Waals surface area contributed by atoms with Crippen LogP contribution in [0.5, 0.6) is 34.5 Å². The number of ether oxygens (including phenoxy) is 2. The minimum atomic E-state index is -1.25. The van der Waals surface area contributed by atoms with Crippen molar-refractivity contribution < 1.29 is 59.3 Å². The molecule has 8 aromatic rings. The molecule has 0 saturated carbocycles. The van der Waals surface area contributed by atoms with Crippen LogP contribution in [0.3, 0.4) is 0 Å². The maximum absolute atomic E-state index is 15.6. The van der Waals surface area contributed by atoms with E-state index in [0.29, 0.717) is 66.8 Å². The van der Waals surface area contributed by atoms with Crippen LogP contribution in [-0.4, -0.2) is 114 Å². The zero-order valence-corrected chi connectivity index (χ0v) is 56.0. The fraction of sp³-hybridized carbons (Fsp3) is 0.316. The first-order valence-electron chi connectivity index (χ1n) is 31.5. The number of carbonyl (C=O) groups excluding carboxylic acids is 4. The predicted molar refractivity (Wildman–Crippen MR) is 367 cm³/mol. The van der Waals surface area contributed by atoms with Gasteiger partial charge in [-0.1, -0.05) is 188 Å².